The van der Waals surface area contributed by atoms with Gasteiger partial charge in [0.25, 0.3) is 0 Å². The fraction of sp³-hybridized carbons (Fsp3) is 0.571. The van der Waals surface area contributed by atoms with Gasteiger partial charge in [-0.15, -0.1) is 0 Å². The van der Waals surface area contributed by atoms with E-state index in [4.69, 9.17) is 4.74 Å². The number of ether oxygens (including phenoxy) is 1. The Morgan fingerprint density at radius 1 is 1.28 bits per heavy atom. The number of rotatable bonds is 7. The highest BCUT2D eigenvalue weighted by Gasteiger charge is 2.60. The van der Waals surface area contributed by atoms with E-state index in [1.807, 2.05) is 26.2 Å². The lowest BCUT2D eigenvalue weighted by molar-refractivity contribution is -0.123. The molecule has 1 fully saturated rings. The summed E-state index contributed by atoms with van der Waals surface area (Å²) in [5.74, 6) is 1.42. The number of carbonyl (C=O) groups excluding carboxylic acids is 1. The molecular weight excluding hydrogens is 312 g/mol. The van der Waals surface area contributed by atoms with Gasteiger partial charge in [-0.3, -0.25) is 4.79 Å². The highest BCUT2D eigenvalue weighted by Crippen LogP contribution is 2.59. The fourth-order valence-corrected chi connectivity index (χ4v) is 3.58. The van der Waals surface area contributed by atoms with E-state index in [9.17, 15) is 4.79 Å². The molecule has 1 saturated carbocycles. The van der Waals surface area contributed by atoms with Gasteiger partial charge in [-0.1, -0.05) is 37.6 Å². The number of likely N-dealkylation sites (N-methyl/N-ethyl adjacent to an activating group) is 1. The summed E-state index contributed by atoms with van der Waals surface area (Å²) in [5, 5.41) is 3.17. The van der Waals surface area contributed by atoms with E-state index in [0.717, 1.165) is 5.75 Å². The molecule has 0 aromatic heterocycles. The molecule has 0 saturated heterocycles. The maximum absolute atomic E-state index is 12.7. The monoisotopic (exact) mass is 344 g/mol. The predicted molar refractivity (Wildman–Crippen MR) is 103 cm³/mol. The SMILES string of the molecule is COc1ccc(C(CNC(=O)C2C(C=C(C)C)C2(C)C)N(C)C)cc1. The van der Waals surface area contributed by atoms with E-state index in [1.165, 1.54) is 11.1 Å². The molecule has 4 heteroatoms. The minimum atomic E-state index is 0.0507. The lowest BCUT2D eigenvalue weighted by atomic mass is 10.1. The van der Waals surface area contributed by atoms with E-state index >= 15 is 0 Å². The van der Waals surface area contributed by atoms with Crippen molar-refractivity contribution in [3.05, 3.63) is 41.5 Å². The number of amides is 1. The standard InChI is InChI=1S/C21H32N2O2/c1-14(2)12-17-19(21(17,3)4)20(24)22-13-18(23(5)6)15-8-10-16(25-7)11-9-15/h8-12,17-19H,13H2,1-7H3,(H,22,24). The highest BCUT2D eigenvalue weighted by molar-refractivity contribution is 5.83. The Bertz CT molecular complexity index is 628. The van der Waals surface area contributed by atoms with Crippen LogP contribution in [0.15, 0.2) is 35.9 Å². The lowest BCUT2D eigenvalue weighted by Crippen LogP contribution is -2.36. The van der Waals surface area contributed by atoms with Gasteiger partial charge in [-0.05, 0) is 57.0 Å². The first-order chi connectivity index (χ1) is 11.7. The van der Waals surface area contributed by atoms with Gasteiger partial charge in [0.05, 0.1) is 19.1 Å². The third-order valence-corrected chi connectivity index (χ3v) is 5.30. The van der Waals surface area contributed by atoms with E-state index in [0.29, 0.717) is 12.5 Å². The molecule has 1 amide bonds. The number of nitrogens with zero attached hydrogens (tertiary/aromatic N) is 1. The third-order valence-electron chi connectivity index (χ3n) is 5.30. The molecule has 3 unspecified atom stereocenters. The normalized spacial score (nSPS) is 22.2. The summed E-state index contributed by atoms with van der Waals surface area (Å²) in [4.78, 5) is 14.8. The largest absolute Gasteiger partial charge is 0.497 e. The molecule has 4 nitrogen and oxygen atoms in total. The van der Waals surface area contributed by atoms with Crippen LogP contribution in [0.1, 0.15) is 39.3 Å². The molecule has 25 heavy (non-hydrogen) atoms. The van der Waals surface area contributed by atoms with Crippen molar-refractivity contribution in [3.8, 4) is 5.75 Å². The number of hydrogen-bond acceptors (Lipinski definition) is 3. The van der Waals surface area contributed by atoms with Crippen molar-refractivity contribution < 1.29 is 9.53 Å². The number of hydrogen-bond donors (Lipinski definition) is 1. The van der Waals surface area contributed by atoms with Crippen molar-refractivity contribution in [1.29, 1.82) is 0 Å². The maximum Gasteiger partial charge on any atom is 0.224 e. The molecule has 138 valence electrons. The van der Waals surface area contributed by atoms with Crippen molar-refractivity contribution >= 4 is 5.91 Å². The molecule has 0 heterocycles. The average Bonchev–Trinajstić information content (AvgIpc) is 3.07. The third kappa shape index (κ3) is 4.43. The number of carbonyl (C=O) groups is 1. The average molecular weight is 344 g/mol. The second kappa shape index (κ2) is 7.61. The minimum Gasteiger partial charge on any atom is -0.497 e. The zero-order chi connectivity index (χ0) is 18.8. The first-order valence-electron chi connectivity index (χ1n) is 8.91. The smallest absolute Gasteiger partial charge is 0.224 e. The van der Waals surface area contributed by atoms with Crippen molar-refractivity contribution in [1.82, 2.24) is 10.2 Å². The summed E-state index contributed by atoms with van der Waals surface area (Å²) in [6.07, 6.45) is 2.23. The Morgan fingerprint density at radius 3 is 2.36 bits per heavy atom. The van der Waals surface area contributed by atoms with Crippen LogP contribution in [0.4, 0.5) is 0 Å². The fourth-order valence-electron chi connectivity index (χ4n) is 3.58. The van der Waals surface area contributed by atoms with Gasteiger partial charge in [-0.25, -0.2) is 0 Å². The molecule has 0 bridgehead atoms. The zero-order valence-corrected chi connectivity index (χ0v) is 16.6. The topological polar surface area (TPSA) is 41.6 Å². The van der Waals surface area contributed by atoms with Gasteiger partial charge in [-0.2, -0.15) is 0 Å². The van der Waals surface area contributed by atoms with Crippen LogP contribution in [0.25, 0.3) is 0 Å². The lowest BCUT2D eigenvalue weighted by Gasteiger charge is -2.25. The van der Waals surface area contributed by atoms with Gasteiger partial charge < -0.3 is 15.0 Å². The Hall–Kier alpha value is -1.81. The summed E-state index contributed by atoms with van der Waals surface area (Å²) < 4.78 is 5.22. The van der Waals surface area contributed by atoms with Crippen LogP contribution >= 0.6 is 0 Å². The molecular formula is C21H32N2O2. The van der Waals surface area contributed by atoms with Crippen LogP contribution in [0, 0.1) is 17.3 Å². The second-order valence-electron chi connectivity index (χ2n) is 8.07. The summed E-state index contributed by atoms with van der Waals surface area (Å²) >= 11 is 0. The molecule has 1 aliphatic rings. The minimum absolute atomic E-state index is 0.0507. The maximum atomic E-state index is 12.7. The Labute approximate surface area is 152 Å². The molecule has 1 aliphatic carbocycles. The number of allylic oxidation sites excluding steroid dienone is 2. The molecule has 2 rings (SSSR count). The van der Waals surface area contributed by atoms with Crippen LogP contribution < -0.4 is 10.1 Å². The van der Waals surface area contributed by atoms with E-state index in [-0.39, 0.29) is 23.3 Å². The van der Waals surface area contributed by atoms with E-state index < -0.39 is 0 Å². The molecule has 0 radical (unpaired) electrons. The number of benzene rings is 1. The van der Waals surface area contributed by atoms with Crippen molar-refractivity contribution in [3.63, 3.8) is 0 Å². The van der Waals surface area contributed by atoms with Crippen LogP contribution in [0.3, 0.4) is 0 Å². The van der Waals surface area contributed by atoms with Gasteiger partial charge in [0.1, 0.15) is 5.75 Å². The van der Waals surface area contributed by atoms with Gasteiger partial charge in [0.15, 0.2) is 0 Å². The van der Waals surface area contributed by atoms with Crippen molar-refractivity contribution in [2.24, 2.45) is 17.3 Å². The summed E-state index contributed by atoms with van der Waals surface area (Å²) in [6.45, 7) is 9.14. The molecule has 3 atom stereocenters. The first kappa shape index (κ1) is 19.5. The number of nitrogens with one attached hydrogen (secondary N) is 1. The highest BCUT2D eigenvalue weighted by atomic mass is 16.5. The van der Waals surface area contributed by atoms with Crippen LogP contribution in [-0.2, 0) is 4.79 Å². The van der Waals surface area contributed by atoms with Crippen molar-refractivity contribution in [2.45, 2.75) is 33.7 Å². The van der Waals surface area contributed by atoms with Crippen molar-refractivity contribution in [2.75, 3.05) is 27.7 Å². The quantitative estimate of drug-likeness (QED) is 0.768. The summed E-state index contributed by atoms with van der Waals surface area (Å²) in [5.41, 5.74) is 2.49. The van der Waals surface area contributed by atoms with Crippen LogP contribution in [0.5, 0.6) is 5.75 Å². The number of methoxy groups -OCH3 is 1. The molecule has 1 aromatic rings. The Morgan fingerprint density at radius 2 is 1.88 bits per heavy atom. The second-order valence-corrected chi connectivity index (χ2v) is 8.07. The molecule has 1 N–H and O–H groups in total. The van der Waals surface area contributed by atoms with Gasteiger partial charge in [0, 0.05) is 6.54 Å². The van der Waals surface area contributed by atoms with E-state index in [1.54, 1.807) is 7.11 Å². The van der Waals surface area contributed by atoms with E-state index in [2.05, 4.69) is 56.1 Å². The first-order valence-corrected chi connectivity index (χ1v) is 8.91. The van der Waals surface area contributed by atoms with Gasteiger partial charge >= 0.3 is 0 Å². The predicted octanol–water partition coefficient (Wildman–Crippen LogP) is 3.65. The summed E-state index contributed by atoms with van der Waals surface area (Å²) in [6, 6.07) is 8.18. The Kier molecular flexibility index (Phi) is 5.94. The molecule has 1 aromatic carbocycles. The summed E-state index contributed by atoms with van der Waals surface area (Å²) in [7, 11) is 5.74. The van der Waals surface area contributed by atoms with Gasteiger partial charge in [0.2, 0.25) is 5.91 Å². The Balaban J connectivity index is 2.01. The zero-order valence-electron chi connectivity index (χ0n) is 16.6. The van der Waals surface area contributed by atoms with Crippen LogP contribution in [-0.4, -0.2) is 38.6 Å². The molecule has 0 aliphatic heterocycles. The molecule has 0 spiro atoms. The van der Waals surface area contributed by atoms with Crippen LogP contribution in [0.2, 0.25) is 0 Å².